The van der Waals surface area contributed by atoms with Gasteiger partial charge in [-0.15, -0.1) is 0 Å². The van der Waals surface area contributed by atoms with Crippen LogP contribution >= 0.6 is 11.6 Å². The van der Waals surface area contributed by atoms with Crippen LogP contribution in [-0.4, -0.2) is 0 Å². The highest BCUT2D eigenvalue weighted by Gasteiger charge is 2.07. The lowest BCUT2D eigenvalue weighted by molar-refractivity contribution is 0.587. The van der Waals surface area contributed by atoms with Crippen molar-refractivity contribution in [1.82, 2.24) is 0 Å². The van der Waals surface area contributed by atoms with Crippen LogP contribution in [0.1, 0.15) is 5.56 Å². The van der Waals surface area contributed by atoms with E-state index >= 15 is 0 Å². The normalized spacial score (nSPS) is 10.4. The summed E-state index contributed by atoms with van der Waals surface area (Å²) in [5.41, 5.74) is 6.54. The molecule has 0 bridgehead atoms. The highest BCUT2D eigenvalue weighted by molar-refractivity contribution is 6.30. The SMILES string of the molecule is Nc1c(F)cc(F)cc1NCc1cccc(Cl)c1. The Morgan fingerprint density at radius 3 is 2.67 bits per heavy atom. The molecule has 0 spiro atoms. The van der Waals surface area contributed by atoms with Crippen molar-refractivity contribution in [1.29, 1.82) is 0 Å². The Kier molecular flexibility index (Phi) is 3.67. The highest BCUT2D eigenvalue weighted by atomic mass is 35.5. The molecule has 0 radical (unpaired) electrons. The largest absolute Gasteiger partial charge is 0.395 e. The summed E-state index contributed by atoms with van der Waals surface area (Å²) in [4.78, 5) is 0. The Hall–Kier alpha value is -1.81. The van der Waals surface area contributed by atoms with E-state index in [0.29, 0.717) is 11.6 Å². The van der Waals surface area contributed by atoms with E-state index in [4.69, 9.17) is 17.3 Å². The zero-order valence-corrected chi connectivity index (χ0v) is 10.1. The molecule has 3 N–H and O–H groups in total. The summed E-state index contributed by atoms with van der Waals surface area (Å²) in [5, 5.41) is 3.48. The Labute approximate surface area is 108 Å². The van der Waals surface area contributed by atoms with E-state index in [0.717, 1.165) is 17.7 Å². The summed E-state index contributed by atoms with van der Waals surface area (Å²) >= 11 is 5.84. The first-order valence-electron chi connectivity index (χ1n) is 5.29. The topological polar surface area (TPSA) is 38.0 Å². The quantitative estimate of drug-likeness (QED) is 0.831. The summed E-state index contributed by atoms with van der Waals surface area (Å²) in [6, 6.07) is 9.07. The molecule has 0 amide bonds. The standard InChI is InChI=1S/C13H11ClF2N2/c14-9-3-1-2-8(4-9)7-18-12-6-10(15)5-11(16)13(12)17/h1-6,18H,7,17H2. The van der Waals surface area contributed by atoms with Crippen LogP contribution in [0.25, 0.3) is 0 Å². The summed E-state index contributed by atoms with van der Waals surface area (Å²) in [6.07, 6.45) is 0. The fourth-order valence-corrected chi connectivity index (χ4v) is 1.79. The van der Waals surface area contributed by atoms with Gasteiger partial charge in [-0.3, -0.25) is 0 Å². The van der Waals surface area contributed by atoms with E-state index in [2.05, 4.69) is 5.32 Å². The van der Waals surface area contributed by atoms with Crippen LogP contribution in [0.5, 0.6) is 0 Å². The number of benzene rings is 2. The second kappa shape index (κ2) is 5.23. The van der Waals surface area contributed by atoms with Gasteiger partial charge < -0.3 is 11.1 Å². The minimum atomic E-state index is -0.774. The van der Waals surface area contributed by atoms with Gasteiger partial charge in [-0.05, 0) is 23.8 Å². The van der Waals surface area contributed by atoms with Crippen LogP contribution in [0.3, 0.4) is 0 Å². The maximum Gasteiger partial charge on any atom is 0.151 e. The Morgan fingerprint density at radius 2 is 1.94 bits per heavy atom. The fourth-order valence-electron chi connectivity index (χ4n) is 1.58. The Balaban J connectivity index is 2.15. The molecule has 0 aliphatic carbocycles. The third-order valence-corrected chi connectivity index (χ3v) is 2.70. The van der Waals surface area contributed by atoms with Gasteiger partial charge in [0.05, 0.1) is 11.4 Å². The van der Waals surface area contributed by atoms with E-state index in [1.165, 1.54) is 0 Å². The average Bonchev–Trinajstić information content (AvgIpc) is 2.32. The van der Waals surface area contributed by atoms with Crippen LogP contribution < -0.4 is 11.1 Å². The number of halogens is 3. The second-order valence-corrected chi connectivity index (χ2v) is 4.27. The zero-order valence-electron chi connectivity index (χ0n) is 9.38. The Morgan fingerprint density at radius 1 is 1.17 bits per heavy atom. The predicted molar refractivity (Wildman–Crippen MR) is 69.5 cm³/mol. The molecule has 0 aliphatic rings. The minimum Gasteiger partial charge on any atom is -0.395 e. The van der Waals surface area contributed by atoms with Crippen molar-refractivity contribution in [2.75, 3.05) is 11.1 Å². The van der Waals surface area contributed by atoms with Crippen molar-refractivity contribution < 1.29 is 8.78 Å². The molecule has 2 aromatic rings. The third kappa shape index (κ3) is 2.90. The molecule has 0 fully saturated rings. The van der Waals surface area contributed by atoms with Crippen LogP contribution in [-0.2, 0) is 6.54 Å². The molecule has 94 valence electrons. The van der Waals surface area contributed by atoms with E-state index in [1.54, 1.807) is 18.2 Å². The molecule has 0 atom stereocenters. The van der Waals surface area contributed by atoms with Crippen molar-refractivity contribution in [2.45, 2.75) is 6.54 Å². The Bertz CT molecular complexity index is 573. The minimum absolute atomic E-state index is 0.0987. The van der Waals surface area contributed by atoms with Crippen molar-refractivity contribution >= 4 is 23.0 Å². The van der Waals surface area contributed by atoms with Crippen molar-refractivity contribution in [3.8, 4) is 0 Å². The van der Waals surface area contributed by atoms with Crippen molar-refractivity contribution in [3.05, 3.63) is 58.6 Å². The lowest BCUT2D eigenvalue weighted by Crippen LogP contribution is -2.04. The van der Waals surface area contributed by atoms with Gasteiger partial charge >= 0.3 is 0 Å². The molecule has 0 saturated heterocycles. The van der Waals surface area contributed by atoms with E-state index in [1.807, 2.05) is 6.07 Å². The molecule has 0 unspecified atom stereocenters. The molecular weight excluding hydrogens is 258 g/mol. The molecule has 2 rings (SSSR count). The molecule has 18 heavy (non-hydrogen) atoms. The monoisotopic (exact) mass is 268 g/mol. The van der Waals surface area contributed by atoms with Gasteiger partial charge in [-0.2, -0.15) is 0 Å². The van der Waals surface area contributed by atoms with Gasteiger partial charge in [0.15, 0.2) is 5.82 Å². The summed E-state index contributed by atoms with van der Waals surface area (Å²) in [6.45, 7) is 0.383. The second-order valence-electron chi connectivity index (χ2n) is 3.83. The number of nitrogens with two attached hydrogens (primary N) is 1. The van der Waals surface area contributed by atoms with Crippen LogP contribution in [0.15, 0.2) is 36.4 Å². The molecule has 2 aromatic carbocycles. The molecule has 0 aliphatic heterocycles. The van der Waals surface area contributed by atoms with E-state index in [9.17, 15) is 8.78 Å². The molecule has 0 saturated carbocycles. The summed E-state index contributed by atoms with van der Waals surface area (Å²) in [7, 11) is 0. The lowest BCUT2D eigenvalue weighted by Gasteiger charge is -2.10. The van der Waals surface area contributed by atoms with Gasteiger partial charge in [0.25, 0.3) is 0 Å². The zero-order chi connectivity index (χ0) is 13.1. The van der Waals surface area contributed by atoms with Gasteiger partial charge in [0.1, 0.15) is 5.82 Å². The highest BCUT2D eigenvalue weighted by Crippen LogP contribution is 2.24. The fraction of sp³-hybridized carbons (Fsp3) is 0.0769. The number of rotatable bonds is 3. The third-order valence-electron chi connectivity index (χ3n) is 2.47. The maximum absolute atomic E-state index is 13.2. The predicted octanol–water partition coefficient (Wildman–Crippen LogP) is 3.81. The van der Waals surface area contributed by atoms with E-state index < -0.39 is 11.6 Å². The molecule has 2 nitrogen and oxygen atoms in total. The molecule has 5 heteroatoms. The number of hydrogen-bond donors (Lipinski definition) is 2. The smallest absolute Gasteiger partial charge is 0.151 e. The lowest BCUT2D eigenvalue weighted by atomic mass is 10.2. The van der Waals surface area contributed by atoms with Crippen LogP contribution in [0.4, 0.5) is 20.2 Å². The molecule has 0 aromatic heterocycles. The number of anilines is 2. The van der Waals surface area contributed by atoms with Gasteiger partial charge in [-0.25, -0.2) is 8.78 Å². The first kappa shape index (κ1) is 12.6. The van der Waals surface area contributed by atoms with Gasteiger partial charge in [-0.1, -0.05) is 23.7 Å². The summed E-state index contributed by atoms with van der Waals surface area (Å²) < 4.78 is 26.2. The maximum atomic E-state index is 13.2. The van der Waals surface area contributed by atoms with Gasteiger partial charge in [0, 0.05) is 17.6 Å². The molecular formula is C13H11ClF2N2. The van der Waals surface area contributed by atoms with Gasteiger partial charge in [0.2, 0.25) is 0 Å². The summed E-state index contributed by atoms with van der Waals surface area (Å²) in [5.74, 6) is -1.45. The number of nitrogen functional groups attached to an aromatic ring is 1. The first-order valence-corrected chi connectivity index (χ1v) is 5.67. The number of nitrogens with one attached hydrogen (secondary N) is 1. The number of hydrogen-bond acceptors (Lipinski definition) is 2. The first-order chi connectivity index (χ1) is 8.56. The van der Waals surface area contributed by atoms with Crippen molar-refractivity contribution in [3.63, 3.8) is 0 Å². The van der Waals surface area contributed by atoms with Crippen molar-refractivity contribution in [2.24, 2.45) is 0 Å². The molecule has 0 heterocycles. The average molecular weight is 269 g/mol. The van der Waals surface area contributed by atoms with E-state index in [-0.39, 0.29) is 11.4 Å². The van der Waals surface area contributed by atoms with Crippen LogP contribution in [0.2, 0.25) is 5.02 Å². The van der Waals surface area contributed by atoms with Crippen LogP contribution in [0, 0.1) is 11.6 Å².